The number of carbonyl (C=O) groups excluding carboxylic acids is 5. The maximum Gasteiger partial charge on any atom is 0.311 e. The van der Waals surface area contributed by atoms with Gasteiger partial charge in [0, 0.05) is 37.7 Å². The van der Waals surface area contributed by atoms with Gasteiger partial charge in [-0.1, -0.05) is 34.6 Å². The molecule has 47 heavy (non-hydrogen) atoms. The summed E-state index contributed by atoms with van der Waals surface area (Å²) < 4.78 is 23.1. The van der Waals surface area contributed by atoms with Crippen LogP contribution in [0.25, 0.3) is 22.3 Å². The summed E-state index contributed by atoms with van der Waals surface area (Å²) >= 11 is 0. The molecule has 0 saturated carbocycles. The first-order valence-corrected chi connectivity index (χ1v) is 15.8. The maximum absolute atomic E-state index is 14.5. The highest BCUT2D eigenvalue weighted by Crippen LogP contribution is 2.45. The number of ketones is 2. The predicted octanol–water partition coefficient (Wildman–Crippen LogP) is 6.95. The van der Waals surface area contributed by atoms with Gasteiger partial charge in [0.1, 0.15) is 16.5 Å². The van der Waals surface area contributed by atoms with Gasteiger partial charge in [0.25, 0.3) is 0 Å². The van der Waals surface area contributed by atoms with Gasteiger partial charge in [-0.15, -0.1) is 0 Å². The van der Waals surface area contributed by atoms with E-state index in [2.05, 4.69) is 0 Å². The van der Waals surface area contributed by atoms with Gasteiger partial charge in [-0.05, 0) is 50.3 Å². The number of hydrogen-bond donors (Lipinski definition) is 2. The van der Waals surface area contributed by atoms with Crippen molar-refractivity contribution in [2.75, 3.05) is 0 Å². The van der Waals surface area contributed by atoms with E-state index in [4.69, 9.17) is 18.6 Å². The number of phenolic OH excluding ortho intramolecular Hbond substituents is 2. The Balaban J connectivity index is 2.72. The quantitative estimate of drug-likeness (QED) is 0.0703. The molecule has 0 bridgehead atoms. The van der Waals surface area contributed by atoms with Crippen molar-refractivity contribution in [1.29, 1.82) is 0 Å². The summed E-state index contributed by atoms with van der Waals surface area (Å²) in [6, 6.07) is 3.43. The van der Waals surface area contributed by atoms with Gasteiger partial charge in [0.05, 0.1) is 0 Å². The first-order valence-electron chi connectivity index (χ1n) is 15.8. The van der Waals surface area contributed by atoms with Gasteiger partial charge < -0.3 is 28.8 Å². The standard InChI is InChI=1S/C35H40O12/c1-6-11-21(37)27-32(44-24(40)13-8-3)28(22(38)12-7-2)34-29(33(27)45-25(41)14-9-4)30(43)35(46-26(42)15-10-5)31(47-34)19-16-17-20(36)23(39)18-19/h16-18,36,39H,6-15H2,1-5H3. The minimum Gasteiger partial charge on any atom is -0.504 e. The number of carbonyl (C=O) groups is 5. The van der Waals surface area contributed by atoms with Crippen molar-refractivity contribution in [2.45, 2.75) is 98.8 Å². The molecule has 0 aliphatic heterocycles. The molecule has 0 radical (unpaired) electrons. The lowest BCUT2D eigenvalue weighted by atomic mass is 9.93. The van der Waals surface area contributed by atoms with Crippen molar-refractivity contribution in [3.05, 3.63) is 39.5 Å². The van der Waals surface area contributed by atoms with Gasteiger partial charge in [-0.25, -0.2) is 0 Å². The molecular weight excluding hydrogens is 612 g/mol. The van der Waals surface area contributed by atoms with Crippen LogP contribution in [0.1, 0.15) is 120 Å². The van der Waals surface area contributed by atoms with Crippen molar-refractivity contribution in [3.8, 4) is 40.1 Å². The van der Waals surface area contributed by atoms with E-state index >= 15 is 0 Å². The SMILES string of the molecule is CCCC(=O)Oc1c(C(=O)CCC)c(OC(=O)CCC)c2c(=O)c(OC(=O)CCC)c(-c3ccc(O)c(O)c3)oc2c1C(=O)CCC. The van der Waals surface area contributed by atoms with Gasteiger partial charge in [0.2, 0.25) is 11.2 Å². The molecule has 0 atom stereocenters. The molecule has 0 amide bonds. The van der Waals surface area contributed by atoms with Crippen LogP contribution < -0.4 is 19.6 Å². The summed E-state index contributed by atoms with van der Waals surface area (Å²) in [5.41, 5.74) is -2.46. The largest absolute Gasteiger partial charge is 0.504 e. The van der Waals surface area contributed by atoms with Crippen molar-refractivity contribution < 1.29 is 52.8 Å². The number of aromatic hydroxyl groups is 2. The van der Waals surface area contributed by atoms with E-state index in [1.54, 1.807) is 34.6 Å². The molecule has 2 aromatic carbocycles. The van der Waals surface area contributed by atoms with Crippen LogP contribution in [0.2, 0.25) is 0 Å². The fraction of sp³-hybridized carbons (Fsp3) is 0.429. The molecule has 12 nitrogen and oxygen atoms in total. The summed E-state index contributed by atoms with van der Waals surface area (Å²) in [5, 5.41) is 19.6. The second-order valence-electron chi connectivity index (χ2n) is 10.9. The fourth-order valence-electron chi connectivity index (χ4n) is 4.83. The van der Waals surface area contributed by atoms with E-state index in [0.29, 0.717) is 32.1 Å². The molecule has 1 aromatic heterocycles. The third kappa shape index (κ3) is 8.24. The Morgan fingerprint density at radius 1 is 0.617 bits per heavy atom. The second kappa shape index (κ2) is 16.5. The Labute approximate surface area is 271 Å². The minimum atomic E-state index is -1.07. The lowest BCUT2D eigenvalue weighted by Gasteiger charge is -2.21. The number of fused-ring (bicyclic) bond motifs is 1. The van der Waals surface area contributed by atoms with Gasteiger partial charge in [0.15, 0.2) is 45.9 Å². The monoisotopic (exact) mass is 652 g/mol. The van der Waals surface area contributed by atoms with Crippen LogP contribution in [0, 0.1) is 0 Å². The third-order valence-electron chi connectivity index (χ3n) is 6.97. The summed E-state index contributed by atoms with van der Waals surface area (Å²) in [5.74, 6) is -7.03. The number of rotatable bonds is 16. The van der Waals surface area contributed by atoms with Crippen LogP contribution in [0.4, 0.5) is 0 Å². The number of Topliss-reactive ketones (excluding diaryl/α,β-unsaturated/α-hetero) is 2. The zero-order valence-electron chi connectivity index (χ0n) is 27.3. The number of phenols is 2. The van der Waals surface area contributed by atoms with E-state index in [1.807, 2.05) is 0 Å². The molecule has 0 aliphatic carbocycles. The Morgan fingerprint density at radius 3 is 1.57 bits per heavy atom. The average molecular weight is 653 g/mol. The summed E-state index contributed by atoms with van der Waals surface area (Å²) in [4.78, 5) is 80.9. The fourth-order valence-corrected chi connectivity index (χ4v) is 4.83. The van der Waals surface area contributed by atoms with E-state index in [1.165, 1.54) is 6.07 Å². The van der Waals surface area contributed by atoms with Gasteiger partial charge in [-0.3, -0.25) is 28.8 Å². The summed E-state index contributed by atoms with van der Waals surface area (Å²) in [6.45, 7) is 8.59. The van der Waals surface area contributed by atoms with Crippen LogP contribution in [0.15, 0.2) is 27.4 Å². The van der Waals surface area contributed by atoms with Crippen LogP contribution in [-0.4, -0.2) is 39.7 Å². The zero-order chi connectivity index (χ0) is 34.8. The normalized spacial score (nSPS) is 10.9. The highest BCUT2D eigenvalue weighted by atomic mass is 16.6. The highest BCUT2D eigenvalue weighted by Gasteiger charge is 2.36. The summed E-state index contributed by atoms with van der Waals surface area (Å²) in [7, 11) is 0. The first kappa shape index (κ1) is 36.5. The van der Waals surface area contributed by atoms with E-state index in [-0.39, 0.29) is 37.7 Å². The molecule has 252 valence electrons. The molecule has 0 unspecified atom stereocenters. The van der Waals surface area contributed by atoms with Crippen LogP contribution in [0.3, 0.4) is 0 Å². The molecule has 3 rings (SSSR count). The van der Waals surface area contributed by atoms with Crippen LogP contribution in [-0.2, 0) is 14.4 Å². The van der Waals surface area contributed by atoms with Crippen molar-refractivity contribution in [3.63, 3.8) is 0 Å². The Morgan fingerprint density at radius 2 is 1.09 bits per heavy atom. The van der Waals surface area contributed by atoms with Gasteiger partial charge in [-0.2, -0.15) is 0 Å². The molecule has 2 N–H and O–H groups in total. The molecule has 0 aliphatic rings. The molecule has 0 spiro atoms. The van der Waals surface area contributed by atoms with Crippen molar-refractivity contribution in [2.24, 2.45) is 0 Å². The summed E-state index contributed by atoms with van der Waals surface area (Å²) in [6.07, 6.45) is 1.20. The van der Waals surface area contributed by atoms with Crippen LogP contribution in [0.5, 0.6) is 28.7 Å². The molecule has 0 fully saturated rings. The molecule has 12 heteroatoms. The third-order valence-corrected chi connectivity index (χ3v) is 6.97. The van der Waals surface area contributed by atoms with Crippen molar-refractivity contribution >= 4 is 40.4 Å². The lowest BCUT2D eigenvalue weighted by molar-refractivity contribution is -0.135. The Kier molecular flexibility index (Phi) is 12.8. The molecule has 0 saturated heterocycles. The van der Waals surface area contributed by atoms with Gasteiger partial charge >= 0.3 is 17.9 Å². The maximum atomic E-state index is 14.5. The number of ether oxygens (including phenoxy) is 3. The van der Waals surface area contributed by atoms with E-state index in [0.717, 1.165) is 12.1 Å². The Bertz CT molecular complexity index is 1750. The second-order valence-corrected chi connectivity index (χ2v) is 10.9. The zero-order valence-corrected chi connectivity index (χ0v) is 27.3. The smallest absolute Gasteiger partial charge is 0.311 e. The van der Waals surface area contributed by atoms with E-state index < -0.39 is 91.5 Å². The number of esters is 3. The molecule has 1 heterocycles. The van der Waals surface area contributed by atoms with Crippen LogP contribution >= 0.6 is 0 Å². The van der Waals surface area contributed by atoms with E-state index in [9.17, 15) is 39.0 Å². The first-order chi connectivity index (χ1) is 22.4. The molecule has 3 aromatic rings. The van der Waals surface area contributed by atoms with Crippen molar-refractivity contribution in [1.82, 2.24) is 0 Å². The lowest BCUT2D eigenvalue weighted by Crippen LogP contribution is -2.22. The number of benzene rings is 2. The Hall–Kier alpha value is -5.00. The molecular formula is C35H40O12. The average Bonchev–Trinajstić information content (AvgIpc) is 3.00. The predicted molar refractivity (Wildman–Crippen MR) is 171 cm³/mol. The minimum absolute atomic E-state index is 0.0346. The number of hydrogen-bond acceptors (Lipinski definition) is 12. The topological polar surface area (TPSA) is 184 Å². The highest BCUT2D eigenvalue weighted by molar-refractivity contribution is 6.17.